The molecule has 0 saturated heterocycles. The monoisotopic (exact) mass is 315 g/mol. The number of rotatable bonds is 6. The molecule has 0 N–H and O–H groups in total. The SMILES string of the molecule is CC(C)CN(CC(C)C)C(=O)Cn1ncc2ccccc2c1=O. The zero-order valence-electron chi connectivity index (χ0n) is 14.3. The van der Waals surface area contributed by atoms with Crippen LogP contribution < -0.4 is 5.56 Å². The topological polar surface area (TPSA) is 55.2 Å². The average molecular weight is 315 g/mol. The van der Waals surface area contributed by atoms with E-state index in [-0.39, 0.29) is 18.0 Å². The lowest BCUT2D eigenvalue weighted by molar-refractivity contribution is -0.133. The van der Waals surface area contributed by atoms with Crippen LogP contribution in [0.3, 0.4) is 0 Å². The lowest BCUT2D eigenvalue weighted by atomic mass is 10.1. The molecule has 1 heterocycles. The summed E-state index contributed by atoms with van der Waals surface area (Å²) >= 11 is 0. The van der Waals surface area contributed by atoms with Gasteiger partial charge in [-0.25, -0.2) is 4.68 Å². The van der Waals surface area contributed by atoms with Crippen LogP contribution in [0.1, 0.15) is 27.7 Å². The van der Waals surface area contributed by atoms with Crippen molar-refractivity contribution >= 4 is 16.7 Å². The molecule has 0 aliphatic rings. The Balaban J connectivity index is 2.24. The van der Waals surface area contributed by atoms with Gasteiger partial charge in [0.2, 0.25) is 5.91 Å². The molecule has 2 rings (SSSR count). The third-order valence-corrected chi connectivity index (χ3v) is 3.57. The van der Waals surface area contributed by atoms with Gasteiger partial charge in [0.05, 0.1) is 11.6 Å². The van der Waals surface area contributed by atoms with Gasteiger partial charge in [-0.1, -0.05) is 45.9 Å². The molecule has 0 radical (unpaired) electrons. The van der Waals surface area contributed by atoms with Gasteiger partial charge < -0.3 is 4.90 Å². The van der Waals surface area contributed by atoms with Gasteiger partial charge in [-0.3, -0.25) is 9.59 Å². The first kappa shape index (κ1) is 17.2. The summed E-state index contributed by atoms with van der Waals surface area (Å²) in [5, 5.41) is 5.53. The zero-order valence-corrected chi connectivity index (χ0v) is 14.3. The fourth-order valence-corrected chi connectivity index (χ4v) is 2.63. The number of carbonyl (C=O) groups is 1. The van der Waals surface area contributed by atoms with Crippen molar-refractivity contribution in [2.24, 2.45) is 11.8 Å². The van der Waals surface area contributed by atoms with E-state index in [2.05, 4.69) is 32.8 Å². The van der Waals surface area contributed by atoms with E-state index in [1.807, 2.05) is 23.1 Å². The van der Waals surface area contributed by atoms with Crippen molar-refractivity contribution in [3.8, 4) is 0 Å². The standard InChI is InChI=1S/C18H25N3O2/c1-13(2)10-20(11-14(3)4)17(22)12-21-18(23)16-8-6-5-7-15(16)9-19-21/h5-9,13-14H,10-12H2,1-4H3. The van der Waals surface area contributed by atoms with Crippen LogP contribution in [0.25, 0.3) is 10.8 Å². The maximum Gasteiger partial charge on any atom is 0.275 e. The third-order valence-electron chi connectivity index (χ3n) is 3.57. The summed E-state index contributed by atoms with van der Waals surface area (Å²) < 4.78 is 1.26. The fraction of sp³-hybridized carbons (Fsp3) is 0.500. The molecule has 5 heteroatoms. The molecule has 2 aromatic rings. The van der Waals surface area contributed by atoms with Crippen molar-refractivity contribution in [3.63, 3.8) is 0 Å². The van der Waals surface area contributed by atoms with E-state index in [4.69, 9.17) is 0 Å². The van der Waals surface area contributed by atoms with Gasteiger partial charge in [0.15, 0.2) is 0 Å². The summed E-state index contributed by atoms with van der Waals surface area (Å²) in [6.45, 7) is 9.71. The third kappa shape index (κ3) is 4.41. The summed E-state index contributed by atoms with van der Waals surface area (Å²) in [7, 11) is 0. The lowest BCUT2D eigenvalue weighted by Gasteiger charge is -2.26. The maximum atomic E-state index is 12.6. The van der Waals surface area contributed by atoms with E-state index < -0.39 is 0 Å². The Morgan fingerprint density at radius 1 is 1.13 bits per heavy atom. The largest absolute Gasteiger partial charge is 0.341 e. The van der Waals surface area contributed by atoms with Gasteiger partial charge in [0, 0.05) is 18.5 Å². The number of amides is 1. The molecule has 0 aliphatic carbocycles. The highest BCUT2D eigenvalue weighted by molar-refractivity contribution is 5.81. The number of nitrogens with zero attached hydrogens (tertiary/aromatic N) is 3. The first-order valence-electron chi connectivity index (χ1n) is 8.11. The van der Waals surface area contributed by atoms with E-state index in [0.717, 1.165) is 5.39 Å². The predicted octanol–water partition coefficient (Wildman–Crippen LogP) is 2.54. The highest BCUT2D eigenvalue weighted by Crippen LogP contribution is 2.08. The first-order chi connectivity index (χ1) is 10.9. The molecular weight excluding hydrogens is 290 g/mol. The van der Waals surface area contributed by atoms with E-state index >= 15 is 0 Å². The van der Waals surface area contributed by atoms with Crippen molar-refractivity contribution < 1.29 is 4.79 Å². The van der Waals surface area contributed by atoms with Gasteiger partial charge in [-0.15, -0.1) is 0 Å². The van der Waals surface area contributed by atoms with E-state index in [9.17, 15) is 9.59 Å². The van der Waals surface area contributed by atoms with Gasteiger partial charge in [0.1, 0.15) is 6.54 Å². The Morgan fingerprint density at radius 2 is 1.74 bits per heavy atom. The zero-order chi connectivity index (χ0) is 17.0. The maximum absolute atomic E-state index is 12.6. The number of hydrogen-bond acceptors (Lipinski definition) is 3. The summed E-state index contributed by atoms with van der Waals surface area (Å²) in [6.07, 6.45) is 1.64. The molecule has 5 nitrogen and oxygen atoms in total. The average Bonchev–Trinajstić information content (AvgIpc) is 2.48. The normalized spacial score (nSPS) is 11.4. The quantitative estimate of drug-likeness (QED) is 0.823. The summed E-state index contributed by atoms with van der Waals surface area (Å²) in [6, 6.07) is 7.30. The molecule has 124 valence electrons. The van der Waals surface area contributed by atoms with Gasteiger partial charge in [-0.05, 0) is 17.9 Å². The predicted molar refractivity (Wildman–Crippen MR) is 92.3 cm³/mol. The smallest absolute Gasteiger partial charge is 0.275 e. The minimum atomic E-state index is -0.217. The van der Waals surface area contributed by atoms with Gasteiger partial charge in [0.25, 0.3) is 5.56 Å². The highest BCUT2D eigenvalue weighted by Gasteiger charge is 2.18. The molecule has 0 unspecified atom stereocenters. The Bertz CT molecular complexity index is 724. The Kier molecular flexibility index (Phi) is 5.53. The lowest BCUT2D eigenvalue weighted by Crippen LogP contribution is -2.41. The molecule has 1 aromatic carbocycles. The van der Waals surface area contributed by atoms with Crippen LogP contribution in [0, 0.1) is 11.8 Å². The van der Waals surface area contributed by atoms with Crippen LogP contribution in [0.15, 0.2) is 35.3 Å². The number of benzene rings is 1. The van der Waals surface area contributed by atoms with Crippen LogP contribution in [0.4, 0.5) is 0 Å². The minimum absolute atomic E-state index is 0.0108. The van der Waals surface area contributed by atoms with Gasteiger partial charge >= 0.3 is 0 Å². The number of fused-ring (bicyclic) bond motifs is 1. The van der Waals surface area contributed by atoms with Crippen molar-refractivity contribution in [2.75, 3.05) is 13.1 Å². The second kappa shape index (κ2) is 7.40. The molecule has 0 atom stereocenters. The van der Waals surface area contributed by atoms with Crippen LogP contribution >= 0.6 is 0 Å². The second-order valence-electron chi connectivity index (χ2n) is 6.78. The van der Waals surface area contributed by atoms with E-state index in [1.165, 1.54) is 4.68 Å². The highest BCUT2D eigenvalue weighted by atomic mass is 16.2. The van der Waals surface area contributed by atoms with E-state index in [0.29, 0.717) is 30.3 Å². The fourth-order valence-electron chi connectivity index (χ4n) is 2.63. The van der Waals surface area contributed by atoms with Crippen LogP contribution in [0.2, 0.25) is 0 Å². The summed E-state index contributed by atoms with van der Waals surface area (Å²) in [5.74, 6) is 0.718. The Morgan fingerprint density at radius 3 is 2.35 bits per heavy atom. The molecule has 0 saturated carbocycles. The molecular formula is C18H25N3O2. The van der Waals surface area contributed by atoms with Gasteiger partial charge in [-0.2, -0.15) is 5.10 Å². The van der Waals surface area contributed by atoms with Crippen molar-refractivity contribution in [3.05, 3.63) is 40.8 Å². The van der Waals surface area contributed by atoms with Crippen molar-refractivity contribution in [1.29, 1.82) is 0 Å². The first-order valence-corrected chi connectivity index (χ1v) is 8.11. The van der Waals surface area contributed by atoms with Crippen molar-refractivity contribution in [1.82, 2.24) is 14.7 Å². The molecule has 1 amide bonds. The molecule has 0 aliphatic heterocycles. The summed E-state index contributed by atoms with van der Waals surface area (Å²) in [5.41, 5.74) is -0.217. The second-order valence-corrected chi connectivity index (χ2v) is 6.78. The summed E-state index contributed by atoms with van der Waals surface area (Å²) in [4.78, 5) is 26.9. The number of hydrogen-bond donors (Lipinski definition) is 0. The molecule has 0 bridgehead atoms. The molecule has 23 heavy (non-hydrogen) atoms. The minimum Gasteiger partial charge on any atom is -0.341 e. The molecule has 1 aromatic heterocycles. The van der Waals surface area contributed by atoms with E-state index in [1.54, 1.807) is 12.3 Å². The number of carbonyl (C=O) groups excluding carboxylic acids is 1. The Labute approximate surface area is 136 Å². The van der Waals surface area contributed by atoms with Crippen LogP contribution in [0.5, 0.6) is 0 Å². The Hall–Kier alpha value is -2.17. The van der Waals surface area contributed by atoms with Crippen LogP contribution in [-0.2, 0) is 11.3 Å². The molecule has 0 fully saturated rings. The van der Waals surface area contributed by atoms with Crippen molar-refractivity contribution in [2.45, 2.75) is 34.2 Å². The molecule has 0 spiro atoms. The van der Waals surface area contributed by atoms with Crippen LogP contribution in [-0.4, -0.2) is 33.7 Å². The number of aromatic nitrogens is 2.